The number of carbonyl (C=O) groups excluding carboxylic acids is 1. The Balaban J connectivity index is 3.17. The highest BCUT2D eigenvalue weighted by molar-refractivity contribution is 7.92. The molecule has 0 amide bonds. The summed E-state index contributed by atoms with van der Waals surface area (Å²) in [7, 11) is -4.92. The van der Waals surface area contributed by atoms with E-state index < -0.39 is 61.6 Å². The monoisotopic (exact) mass is 395 g/mol. The molecule has 0 radical (unpaired) electrons. The molecule has 0 bridgehead atoms. The summed E-state index contributed by atoms with van der Waals surface area (Å²) in [6.45, 7) is -2.09. The van der Waals surface area contributed by atoms with Crippen LogP contribution in [-0.2, 0) is 25.5 Å². The van der Waals surface area contributed by atoms with Crippen molar-refractivity contribution < 1.29 is 49.2 Å². The molecule has 0 aliphatic heterocycles. The van der Waals surface area contributed by atoms with E-state index in [9.17, 15) is 49.7 Å². The Labute approximate surface area is 135 Å². The summed E-state index contributed by atoms with van der Waals surface area (Å²) in [5.41, 5.74) is -2.99. The fourth-order valence-electron chi connectivity index (χ4n) is 1.54. The molecule has 0 fully saturated rings. The second-order valence-electron chi connectivity index (χ2n) is 4.47. The van der Waals surface area contributed by atoms with Crippen LogP contribution >= 0.6 is 0 Å². The van der Waals surface area contributed by atoms with Gasteiger partial charge in [-0.1, -0.05) is 0 Å². The van der Waals surface area contributed by atoms with Crippen molar-refractivity contribution >= 4 is 21.5 Å². The predicted molar refractivity (Wildman–Crippen MR) is 67.2 cm³/mol. The van der Waals surface area contributed by atoms with Crippen molar-refractivity contribution in [2.45, 2.75) is 17.2 Å². The topological polar surface area (TPSA) is 104 Å². The second-order valence-corrected chi connectivity index (χ2v) is 6.43. The predicted octanol–water partition coefficient (Wildman–Crippen LogP) is 2.49. The number of ether oxygens (including phenoxy) is 1. The highest BCUT2D eigenvalue weighted by Gasteiger charge is 2.36. The summed E-state index contributed by atoms with van der Waals surface area (Å²) in [6.07, 6.45) is -9.93. The number of sulfone groups is 1. The molecule has 0 atom stereocenters. The number of rotatable bonds is 5. The Morgan fingerprint density at radius 3 is 2.16 bits per heavy atom. The summed E-state index contributed by atoms with van der Waals surface area (Å²) < 4.78 is 101. The van der Waals surface area contributed by atoms with Crippen LogP contribution in [0.3, 0.4) is 0 Å². The summed E-state index contributed by atoms with van der Waals surface area (Å²) in [5, 5.41) is 10.8. The highest BCUT2D eigenvalue weighted by atomic mass is 32.2. The lowest BCUT2D eigenvalue weighted by Gasteiger charge is -2.10. The summed E-state index contributed by atoms with van der Waals surface area (Å²) >= 11 is 0. The van der Waals surface area contributed by atoms with Crippen LogP contribution in [0.4, 0.5) is 32.0 Å². The minimum atomic E-state index is -5.00. The number of nitro benzene ring substituents is 1. The molecule has 0 saturated heterocycles. The van der Waals surface area contributed by atoms with Crippen LogP contribution in [0.1, 0.15) is 5.56 Å². The number of hydrogen-bond donors (Lipinski definition) is 0. The zero-order valence-corrected chi connectivity index (χ0v) is 12.5. The van der Waals surface area contributed by atoms with Crippen molar-refractivity contribution in [2.24, 2.45) is 0 Å². The van der Waals surface area contributed by atoms with Gasteiger partial charge in [-0.25, -0.2) is 8.42 Å². The molecule has 14 heteroatoms. The fourth-order valence-corrected chi connectivity index (χ4v) is 2.81. The van der Waals surface area contributed by atoms with E-state index in [4.69, 9.17) is 0 Å². The van der Waals surface area contributed by atoms with Gasteiger partial charge in [-0.15, -0.1) is 0 Å². The molecular weight excluding hydrogens is 388 g/mol. The van der Waals surface area contributed by atoms with Crippen molar-refractivity contribution in [3.05, 3.63) is 33.9 Å². The maximum atomic E-state index is 12.5. The van der Waals surface area contributed by atoms with Crippen molar-refractivity contribution in [3.8, 4) is 0 Å². The van der Waals surface area contributed by atoms with Gasteiger partial charge in [-0.3, -0.25) is 14.9 Å². The number of halogens is 6. The third kappa shape index (κ3) is 5.88. The standard InChI is InChI=1S/C11H7F6NO6S/c12-10(13,14)5-24-9(19)4-25(22,23)8-2-1-6(11(15,16)17)3-7(8)18(20)21/h1-3H,4-5H2. The number of esters is 1. The van der Waals surface area contributed by atoms with Crippen molar-refractivity contribution in [3.63, 3.8) is 0 Å². The van der Waals surface area contributed by atoms with Crippen molar-refractivity contribution in [1.29, 1.82) is 0 Å². The van der Waals surface area contributed by atoms with Crippen LogP contribution in [0, 0.1) is 10.1 Å². The first-order chi connectivity index (χ1) is 11.1. The van der Waals surface area contributed by atoms with Gasteiger partial charge in [0, 0.05) is 6.07 Å². The molecule has 0 aromatic heterocycles. The Morgan fingerprint density at radius 2 is 1.72 bits per heavy atom. The van der Waals surface area contributed by atoms with Crippen molar-refractivity contribution in [2.75, 3.05) is 12.4 Å². The van der Waals surface area contributed by atoms with Crippen LogP contribution < -0.4 is 0 Å². The molecule has 0 heterocycles. The van der Waals surface area contributed by atoms with Gasteiger partial charge in [0.15, 0.2) is 22.2 Å². The first-order valence-electron chi connectivity index (χ1n) is 5.94. The summed E-state index contributed by atoms with van der Waals surface area (Å²) in [5.74, 6) is -3.58. The molecule has 1 aromatic rings. The first kappa shape index (κ1) is 20.7. The van der Waals surface area contributed by atoms with Gasteiger partial charge in [-0.05, 0) is 12.1 Å². The SMILES string of the molecule is O=C(CS(=O)(=O)c1ccc(C(F)(F)F)cc1[N+](=O)[O-])OCC(F)(F)F. The molecule has 0 spiro atoms. The Kier molecular flexibility index (Phi) is 5.67. The van der Waals surface area contributed by atoms with Gasteiger partial charge in [0.2, 0.25) is 0 Å². The van der Waals surface area contributed by atoms with Gasteiger partial charge < -0.3 is 4.74 Å². The number of benzene rings is 1. The summed E-state index contributed by atoms with van der Waals surface area (Å²) in [6, 6.07) is 0.405. The average molecular weight is 395 g/mol. The number of hydrogen-bond acceptors (Lipinski definition) is 6. The molecule has 0 unspecified atom stereocenters. The Morgan fingerprint density at radius 1 is 1.16 bits per heavy atom. The molecule has 0 saturated carbocycles. The highest BCUT2D eigenvalue weighted by Crippen LogP contribution is 2.34. The maximum absolute atomic E-state index is 12.5. The Hall–Kier alpha value is -2.38. The van der Waals surface area contributed by atoms with Crippen LogP contribution in [0.2, 0.25) is 0 Å². The fraction of sp³-hybridized carbons (Fsp3) is 0.364. The molecule has 1 rings (SSSR count). The smallest absolute Gasteiger partial charge is 0.422 e. The minimum Gasteiger partial charge on any atom is -0.455 e. The van der Waals surface area contributed by atoms with E-state index in [1.54, 1.807) is 0 Å². The lowest BCUT2D eigenvalue weighted by Crippen LogP contribution is -2.25. The van der Waals surface area contributed by atoms with Gasteiger partial charge >= 0.3 is 18.3 Å². The van der Waals surface area contributed by atoms with Crippen molar-refractivity contribution in [1.82, 2.24) is 0 Å². The molecule has 7 nitrogen and oxygen atoms in total. The number of nitrogens with zero attached hydrogens (tertiary/aromatic N) is 1. The first-order valence-corrected chi connectivity index (χ1v) is 7.59. The second kappa shape index (κ2) is 6.85. The molecule has 0 aliphatic carbocycles. The molecular formula is C11H7F6NO6S. The molecule has 1 aromatic carbocycles. The zero-order chi connectivity index (χ0) is 19.6. The van der Waals surface area contributed by atoms with E-state index in [1.807, 2.05) is 0 Å². The van der Waals surface area contributed by atoms with E-state index in [0.717, 1.165) is 0 Å². The molecule has 0 N–H and O–H groups in total. The minimum absolute atomic E-state index is 0.0616. The summed E-state index contributed by atoms with van der Waals surface area (Å²) in [4.78, 5) is 19.3. The van der Waals surface area contributed by atoms with Gasteiger partial charge in [0.25, 0.3) is 5.69 Å². The third-order valence-corrected chi connectivity index (χ3v) is 4.15. The number of nitro groups is 1. The van der Waals surface area contributed by atoms with E-state index in [-0.39, 0.29) is 18.2 Å². The van der Waals surface area contributed by atoms with E-state index >= 15 is 0 Å². The van der Waals surface area contributed by atoms with E-state index in [1.165, 1.54) is 0 Å². The number of carbonyl (C=O) groups is 1. The van der Waals surface area contributed by atoms with E-state index in [2.05, 4.69) is 4.74 Å². The molecule has 140 valence electrons. The quantitative estimate of drug-likeness (QED) is 0.328. The number of alkyl halides is 6. The zero-order valence-electron chi connectivity index (χ0n) is 11.7. The van der Waals surface area contributed by atoms with Gasteiger partial charge in [0.1, 0.15) is 4.90 Å². The molecule has 25 heavy (non-hydrogen) atoms. The average Bonchev–Trinajstić information content (AvgIpc) is 2.42. The molecule has 0 aliphatic rings. The lowest BCUT2D eigenvalue weighted by molar-refractivity contribution is -0.388. The van der Waals surface area contributed by atoms with E-state index in [0.29, 0.717) is 0 Å². The van der Waals surface area contributed by atoms with Crippen LogP contribution in [-0.4, -0.2) is 37.8 Å². The van der Waals surface area contributed by atoms with Gasteiger partial charge in [-0.2, -0.15) is 26.3 Å². The van der Waals surface area contributed by atoms with Crippen LogP contribution in [0.15, 0.2) is 23.1 Å². The maximum Gasteiger partial charge on any atom is 0.422 e. The van der Waals surface area contributed by atoms with Crippen LogP contribution in [0.25, 0.3) is 0 Å². The lowest BCUT2D eigenvalue weighted by atomic mass is 10.2. The van der Waals surface area contributed by atoms with Crippen LogP contribution in [0.5, 0.6) is 0 Å². The third-order valence-electron chi connectivity index (χ3n) is 2.52. The Bertz CT molecular complexity index is 785. The largest absolute Gasteiger partial charge is 0.455 e. The van der Waals surface area contributed by atoms with Gasteiger partial charge in [0.05, 0.1) is 10.5 Å². The normalized spacial score (nSPS) is 12.7.